The average molecular weight is 365 g/mol. The van der Waals surface area contributed by atoms with Gasteiger partial charge in [0.2, 0.25) is 0 Å². The van der Waals surface area contributed by atoms with Gasteiger partial charge in [-0.05, 0) is 18.9 Å². The van der Waals surface area contributed by atoms with Crippen molar-refractivity contribution in [1.29, 1.82) is 0 Å². The molecule has 1 aliphatic heterocycles. The van der Waals surface area contributed by atoms with Crippen LogP contribution in [0.3, 0.4) is 0 Å². The molecule has 1 heterocycles. The summed E-state index contributed by atoms with van der Waals surface area (Å²) in [4.78, 5) is 10.3. The van der Waals surface area contributed by atoms with Gasteiger partial charge in [-0.15, -0.1) is 0 Å². The standard InChI is InChI=1S/C13H15BrClNO4/c14-8-13(3-5-19-6-4-13)9-20-12-7-10(16(17)18)1-2-11(12)15/h1-2,7H,3-6,8-9H2. The van der Waals surface area contributed by atoms with E-state index in [1.807, 2.05) is 0 Å². The van der Waals surface area contributed by atoms with Gasteiger partial charge in [0.15, 0.2) is 0 Å². The van der Waals surface area contributed by atoms with Crippen LogP contribution in [-0.4, -0.2) is 30.1 Å². The zero-order chi connectivity index (χ0) is 14.6. The van der Waals surface area contributed by atoms with E-state index in [0.717, 1.165) is 18.2 Å². The van der Waals surface area contributed by atoms with Crippen LogP contribution in [-0.2, 0) is 4.74 Å². The lowest BCUT2D eigenvalue weighted by Crippen LogP contribution is -2.36. The molecule has 0 saturated carbocycles. The van der Waals surface area contributed by atoms with Crippen molar-refractivity contribution in [2.45, 2.75) is 12.8 Å². The molecule has 1 aromatic carbocycles. The minimum absolute atomic E-state index is 0.00774. The summed E-state index contributed by atoms with van der Waals surface area (Å²) < 4.78 is 11.1. The van der Waals surface area contributed by atoms with Crippen LogP contribution in [0.1, 0.15) is 12.8 Å². The van der Waals surface area contributed by atoms with Gasteiger partial charge < -0.3 is 9.47 Å². The number of nitro groups is 1. The third kappa shape index (κ3) is 3.62. The second kappa shape index (κ2) is 6.74. The van der Waals surface area contributed by atoms with Crippen LogP contribution < -0.4 is 4.74 Å². The van der Waals surface area contributed by atoms with E-state index in [9.17, 15) is 10.1 Å². The summed E-state index contributed by atoms with van der Waals surface area (Å²) in [6.45, 7) is 1.87. The number of hydrogen-bond donors (Lipinski definition) is 0. The van der Waals surface area contributed by atoms with E-state index in [1.165, 1.54) is 18.2 Å². The highest BCUT2D eigenvalue weighted by atomic mass is 79.9. The van der Waals surface area contributed by atoms with Gasteiger partial charge in [0, 0.05) is 30.0 Å². The maximum absolute atomic E-state index is 10.8. The average Bonchev–Trinajstić information content (AvgIpc) is 2.47. The lowest BCUT2D eigenvalue weighted by Gasteiger charge is -2.35. The normalized spacial score (nSPS) is 17.7. The molecule has 110 valence electrons. The second-order valence-electron chi connectivity index (χ2n) is 4.91. The predicted octanol–water partition coefficient (Wildman–Crippen LogP) is 3.82. The van der Waals surface area contributed by atoms with E-state index in [1.54, 1.807) is 0 Å². The lowest BCUT2D eigenvalue weighted by molar-refractivity contribution is -0.384. The van der Waals surface area contributed by atoms with Crippen LogP contribution in [0.2, 0.25) is 5.02 Å². The highest BCUT2D eigenvalue weighted by Crippen LogP contribution is 2.35. The van der Waals surface area contributed by atoms with Gasteiger partial charge in [-0.3, -0.25) is 10.1 Å². The Bertz CT molecular complexity index is 491. The monoisotopic (exact) mass is 363 g/mol. The maximum atomic E-state index is 10.8. The van der Waals surface area contributed by atoms with Gasteiger partial charge in [-0.2, -0.15) is 0 Å². The van der Waals surface area contributed by atoms with Gasteiger partial charge in [-0.1, -0.05) is 27.5 Å². The molecule has 1 saturated heterocycles. The number of rotatable bonds is 5. The summed E-state index contributed by atoms with van der Waals surface area (Å²) >= 11 is 9.54. The number of benzene rings is 1. The summed E-state index contributed by atoms with van der Waals surface area (Å²) in [5, 5.41) is 12.0. The molecule has 0 N–H and O–H groups in total. The molecule has 0 aliphatic carbocycles. The maximum Gasteiger partial charge on any atom is 0.273 e. The number of nitro benzene ring substituents is 1. The topological polar surface area (TPSA) is 61.6 Å². The molecular formula is C13H15BrClNO4. The van der Waals surface area contributed by atoms with Crippen LogP contribution in [0.4, 0.5) is 5.69 Å². The fourth-order valence-electron chi connectivity index (χ4n) is 2.07. The highest BCUT2D eigenvalue weighted by molar-refractivity contribution is 9.09. The van der Waals surface area contributed by atoms with E-state index in [0.29, 0.717) is 30.6 Å². The van der Waals surface area contributed by atoms with E-state index in [4.69, 9.17) is 21.1 Å². The SMILES string of the molecule is O=[N+]([O-])c1ccc(Cl)c(OCC2(CBr)CCOCC2)c1. The van der Waals surface area contributed by atoms with Crippen LogP contribution in [0.15, 0.2) is 18.2 Å². The Morgan fingerprint density at radius 2 is 2.15 bits per heavy atom. The van der Waals surface area contributed by atoms with Crippen LogP contribution in [0.5, 0.6) is 5.75 Å². The summed E-state index contributed by atoms with van der Waals surface area (Å²) in [6, 6.07) is 4.22. The minimum atomic E-state index is -0.460. The van der Waals surface area contributed by atoms with Crippen molar-refractivity contribution in [2.24, 2.45) is 5.41 Å². The molecule has 1 fully saturated rings. The third-order valence-corrected chi connectivity index (χ3v) is 5.00. The number of alkyl halides is 1. The molecule has 20 heavy (non-hydrogen) atoms. The number of nitrogens with zero attached hydrogens (tertiary/aromatic N) is 1. The Hall–Kier alpha value is -0.850. The quantitative estimate of drug-likeness (QED) is 0.453. The van der Waals surface area contributed by atoms with Gasteiger partial charge in [0.05, 0.1) is 22.6 Å². The zero-order valence-electron chi connectivity index (χ0n) is 10.8. The first-order valence-corrected chi connectivity index (χ1v) is 7.77. The van der Waals surface area contributed by atoms with Gasteiger partial charge in [-0.25, -0.2) is 0 Å². The summed E-state index contributed by atoms with van der Waals surface area (Å²) in [6.07, 6.45) is 1.79. The Balaban J connectivity index is 2.09. The van der Waals surface area contributed by atoms with Crippen molar-refractivity contribution in [1.82, 2.24) is 0 Å². The first-order chi connectivity index (χ1) is 9.56. The molecule has 0 unspecified atom stereocenters. The smallest absolute Gasteiger partial charge is 0.273 e. The Labute approximate surface area is 130 Å². The van der Waals surface area contributed by atoms with Crippen LogP contribution >= 0.6 is 27.5 Å². The van der Waals surface area contributed by atoms with Gasteiger partial charge in [0.1, 0.15) is 5.75 Å². The number of ether oxygens (including phenoxy) is 2. The van der Waals surface area contributed by atoms with Crippen LogP contribution in [0, 0.1) is 15.5 Å². The summed E-state index contributed by atoms with van der Waals surface area (Å²) in [7, 11) is 0. The van der Waals surface area contributed by atoms with E-state index in [-0.39, 0.29) is 11.1 Å². The van der Waals surface area contributed by atoms with Gasteiger partial charge >= 0.3 is 0 Å². The number of hydrogen-bond acceptors (Lipinski definition) is 4. The van der Waals surface area contributed by atoms with E-state index >= 15 is 0 Å². The molecule has 0 atom stereocenters. The van der Waals surface area contributed by atoms with Crippen molar-refractivity contribution in [3.8, 4) is 5.75 Å². The summed E-state index contributed by atoms with van der Waals surface area (Å²) in [5.74, 6) is 0.354. The predicted molar refractivity (Wildman–Crippen MR) is 79.9 cm³/mol. The largest absolute Gasteiger partial charge is 0.491 e. The molecular weight excluding hydrogens is 350 g/mol. The first kappa shape index (κ1) is 15.5. The molecule has 2 rings (SSSR count). The molecule has 7 heteroatoms. The van der Waals surface area contributed by atoms with Crippen molar-refractivity contribution >= 4 is 33.2 Å². The molecule has 0 spiro atoms. The molecule has 1 aliphatic rings. The molecule has 0 radical (unpaired) electrons. The zero-order valence-corrected chi connectivity index (χ0v) is 13.2. The van der Waals surface area contributed by atoms with Crippen molar-refractivity contribution in [3.63, 3.8) is 0 Å². The minimum Gasteiger partial charge on any atom is -0.491 e. The van der Waals surface area contributed by atoms with E-state index in [2.05, 4.69) is 15.9 Å². The number of non-ortho nitro benzene ring substituents is 1. The Kier molecular flexibility index (Phi) is 5.23. The second-order valence-corrected chi connectivity index (χ2v) is 5.87. The molecule has 1 aromatic rings. The Morgan fingerprint density at radius 3 is 2.75 bits per heavy atom. The fraction of sp³-hybridized carbons (Fsp3) is 0.538. The van der Waals surface area contributed by atoms with Crippen molar-refractivity contribution in [2.75, 3.05) is 25.2 Å². The molecule has 5 nitrogen and oxygen atoms in total. The fourth-order valence-corrected chi connectivity index (χ4v) is 2.96. The molecule has 0 amide bonds. The van der Waals surface area contributed by atoms with Gasteiger partial charge in [0.25, 0.3) is 5.69 Å². The van der Waals surface area contributed by atoms with Crippen molar-refractivity contribution < 1.29 is 14.4 Å². The third-order valence-electron chi connectivity index (χ3n) is 3.50. The highest BCUT2D eigenvalue weighted by Gasteiger charge is 2.32. The molecule has 0 bridgehead atoms. The van der Waals surface area contributed by atoms with E-state index < -0.39 is 4.92 Å². The lowest BCUT2D eigenvalue weighted by atomic mass is 9.83. The number of halogens is 2. The Morgan fingerprint density at radius 1 is 1.45 bits per heavy atom. The van der Waals surface area contributed by atoms with Crippen LogP contribution in [0.25, 0.3) is 0 Å². The molecule has 0 aromatic heterocycles. The first-order valence-electron chi connectivity index (χ1n) is 6.27. The summed E-state index contributed by atoms with van der Waals surface area (Å²) in [5.41, 5.74) is -0.0316. The van der Waals surface area contributed by atoms with Crippen molar-refractivity contribution in [3.05, 3.63) is 33.3 Å².